The summed E-state index contributed by atoms with van der Waals surface area (Å²) in [4.78, 5) is 16.0. The van der Waals surface area contributed by atoms with Gasteiger partial charge in [0.25, 0.3) is 0 Å². The first kappa shape index (κ1) is 19.8. The molecule has 0 fully saturated rings. The van der Waals surface area contributed by atoms with E-state index < -0.39 is 0 Å². The molecule has 0 saturated carbocycles. The van der Waals surface area contributed by atoms with Gasteiger partial charge in [-0.15, -0.1) is 0 Å². The lowest BCUT2D eigenvalue weighted by Gasteiger charge is -2.13. The Morgan fingerprint density at radius 1 is 0.750 bits per heavy atom. The van der Waals surface area contributed by atoms with E-state index in [0.29, 0.717) is 12.2 Å². The smallest absolute Gasteiger partial charge is 0.338 e. The molecule has 0 aliphatic heterocycles. The van der Waals surface area contributed by atoms with Crippen LogP contribution in [0.25, 0.3) is 44.4 Å². The van der Waals surface area contributed by atoms with E-state index in [1.165, 1.54) is 5.39 Å². The summed E-state index contributed by atoms with van der Waals surface area (Å²) in [5, 5.41) is 1.17. The fraction of sp³-hybridized carbons (Fsp3) is 0.0690. The average molecular weight is 418 g/mol. The normalized spacial score (nSPS) is 10.9. The molecule has 0 spiro atoms. The van der Waals surface area contributed by atoms with Crippen molar-refractivity contribution in [2.75, 3.05) is 6.61 Å². The summed E-state index contributed by atoms with van der Waals surface area (Å²) in [6.07, 6.45) is 0. The van der Waals surface area contributed by atoms with Crippen molar-refractivity contribution in [3.05, 3.63) is 109 Å². The van der Waals surface area contributed by atoms with E-state index in [0.717, 1.165) is 39.0 Å². The molecule has 0 bridgehead atoms. The number of hydrogen-bond acceptors (Lipinski definition) is 2. The van der Waals surface area contributed by atoms with Crippen LogP contribution in [0.4, 0.5) is 0 Å². The Balaban J connectivity index is 1.74. The zero-order chi connectivity index (χ0) is 21.9. The predicted octanol–water partition coefficient (Wildman–Crippen LogP) is 7.35. The third-order valence-electron chi connectivity index (χ3n) is 5.65. The van der Waals surface area contributed by atoms with Gasteiger partial charge in [-0.2, -0.15) is 0 Å². The largest absolute Gasteiger partial charge is 0.462 e. The summed E-state index contributed by atoms with van der Waals surface area (Å²) in [5.41, 5.74) is 8.19. The first-order valence-corrected chi connectivity index (χ1v) is 10.8. The third-order valence-corrected chi connectivity index (χ3v) is 5.65. The number of para-hydroxylation sites is 1. The van der Waals surface area contributed by atoms with Gasteiger partial charge in [-0.25, -0.2) is 4.79 Å². The van der Waals surface area contributed by atoms with Gasteiger partial charge >= 0.3 is 5.97 Å². The molecule has 0 radical (unpaired) electrons. The standard InChI is InChI=1S/C29H23NO2/c1-2-32-29(31)22-14-10-13-21(19-22)23-15-6-7-16-24(23)27-25-17-8-9-18-26(25)30-28(27)20-11-4-3-5-12-20/h3-19,30H,2H2,1H3. The second-order valence-electron chi connectivity index (χ2n) is 7.63. The number of hydrogen-bond donors (Lipinski definition) is 1. The highest BCUT2D eigenvalue weighted by Gasteiger charge is 2.18. The number of esters is 1. The Morgan fingerprint density at radius 2 is 1.44 bits per heavy atom. The molecule has 5 aromatic rings. The van der Waals surface area contributed by atoms with Crippen molar-refractivity contribution >= 4 is 16.9 Å². The van der Waals surface area contributed by atoms with Crippen LogP contribution in [0.15, 0.2) is 103 Å². The number of carbonyl (C=O) groups excluding carboxylic acids is 1. The van der Waals surface area contributed by atoms with Gasteiger partial charge in [0.05, 0.1) is 17.9 Å². The maximum absolute atomic E-state index is 12.3. The minimum absolute atomic E-state index is 0.302. The van der Waals surface area contributed by atoms with Gasteiger partial charge in [0.2, 0.25) is 0 Å². The lowest BCUT2D eigenvalue weighted by Crippen LogP contribution is -2.04. The molecule has 1 N–H and O–H groups in total. The fourth-order valence-corrected chi connectivity index (χ4v) is 4.22. The summed E-state index contributed by atoms with van der Waals surface area (Å²) in [6, 6.07) is 34.8. The topological polar surface area (TPSA) is 42.1 Å². The molecule has 0 amide bonds. The molecule has 0 unspecified atom stereocenters. The summed E-state index contributed by atoms with van der Waals surface area (Å²) in [6.45, 7) is 2.18. The summed E-state index contributed by atoms with van der Waals surface area (Å²) in [5.74, 6) is -0.302. The van der Waals surface area contributed by atoms with Crippen LogP contribution in [0.1, 0.15) is 17.3 Å². The predicted molar refractivity (Wildman–Crippen MR) is 131 cm³/mol. The average Bonchev–Trinajstić information content (AvgIpc) is 3.24. The Bertz CT molecular complexity index is 1400. The van der Waals surface area contributed by atoms with E-state index >= 15 is 0 Å². The van der Waals surface area contributed by atoms with Crippen molar-refractivity contribution < 1.29 is 9.53 Å². The molecular weight excluding hydrogens is 394 g/mol. The maximum Gasteiger partial charge on any atom is 0.338 e. The second-order valence-corrected chi connectivity index (χ2v) is 7.63. The zero-order valence-electron chi connectivity index (χ0n) is 17.8. The maximum atomic E-state index is 12.3. The summed E-state index contributed by atoms with van der Waals surface area (Å²) >= 11 is 0. The molecule has 0 saturated heterocycles. The first-order valence-electron chi connectivity index (χ1n) is 10.8. The van der Waals surface area contributed by atoms with Gasteiger partial charge < -0.3 is 9.72 Å². The molecule has 3 heteroatoms. The SMILES string of the molecule is CCOC(=O)c1cccc(-c2ccccc2-c2c(-c3ccccc3)[nH]c3ccccc23)c1. The van der Waals surface area contributed by atoms with E-state index in [-0.39, 0.29) is 5.97 Å². The summed E-state index contributed by atoms with van der Waals surface area (Å²) in [7, 11) is 0. The highest BCUT2D eigenvalue weighted by molar-refractivity contribution is 6.07. The number of aromatic amines is 1. The molecular formula is C29H23NO2. The first-order chi connectivity index (χ1) is 15.8. The molecule has 32 heavy (non-hydrogen) atoms. The van der Waals surface area contributed by atoms with Gasteiger partial charge in [-0.3, -0.25) is 0 Å². The van der Waals surface area contributed by atoms with Crippen LogP contribution < -0.4 is 0 Å². The lowest BCUT2D eigenvalue weighted by molar-refractivity contribution is 0.0526. The van der Waals surface area contributed by atoms with E-state index in [2.05, 4.69) is 65.6 Å². The van der Waals surface area contributed by atoms with E-state index in [1.54, 1.807) is 6.07 Å². The fourth-order valence-electron chi connectivity index (χ4n) is 4.22. The Kier molecular flexibility index (Phi) is 5.30. The van der Waals surface area contributed by atoms with Crippen molar-refractivity contribution in [1.29, 1.82) is 0 Å². The molecule has 156 valence electrons. The lowest BCUT2D eigenvalue weighted by atomic mass is 9.91. The van der Waals surface area contributed by atoms with Crippen molar-refractivity contribution in [2.45, 2.75) is 6.92 Å². The van der Waals surface area contributed by atoms with Gasteiger partial charge in [0, 0.05) is 16.5 Å². The van der Waals surface area contributed by atoms with Crippen LogP contribution in [-0.4, -0.2) is 17.6 Å². The highest BCUT2D eigenvalue weighted by Crippen LogP contribution is 2.42. The number of carbonyl (C=O) groups is 1. The number of nitrogens with one attached hydrogen (secondary N) is 1. The highest BCUT2D eigenvalue weighted by atomic mass is 16.5. The molecule has 1 aromatic heterocycles. The summed E-state index contributed by atoms with van der Waals surface area (Å²) < 4.78 is 5.21. The third kappa shape index (κ3) is 3.58. The van der Waals surface area contributed by atoms with Crippen molar-refractivity contribution in [2.24, 2.45) is 0 Å². The Labute approximate surface area is 187 Å². The van der Waals surface area contributed by atoms with Crippen molar-refractivity contribution in [1.82, 2.24) is 4.98 Å². The van der Waals surface area contributed by atoms with E-state index in [1.807, 2.05) is 43.3 Å². The molecule has 0 aliphatic carbocycles. The molecule has 4 aromatic carbocycles. The number of ether oxygens (including phenoxy) is 1. The van der Waals surface area contributed by atoms with Gasteiger partial charge in [-0.05, 0) is 47.4 Å². The van der Waals surface area contributed by atoms with Crippen LogP contribution in [0, 0.1) is 0 Å². The number of rotatable bonds is 5. The number of fused-ring (bicyclic) bond motifs is 1. The van der Waals surface area contributed by atoms with Crippen LogP contribution >= 0.6 is 0 Å². The zero-order valence-corrected chi connectivity index (χ0v) is 17.8. The van der Waals surface area contributed by atoms with Crippen LogP contribution in [0.3, 0.4) is 0 Å². The number of benzene rings is 4. The molecule has 1 heterocycles. The Morgan fingerprint density at radius 3 is 2.25 bits per heavy atom. The van der Waals surface area contributed by atoms with Crippen LogP contribution in [-0.2, 0) is 4.74 Å². The quantitative estimate of drug-likeness (QED) is 0.304. The van der Waals surface area contributed by atoms with E-state index in [4.69, 9.17) is 4.74 Å². The number of aromatic nitrogens is 1. The molecule has 5 rings (SSSR count). The van der Waals surface area contributed by atoms with Gasteiger partial charge in [0.1, 0.15) is 0 Å². The molecule has 3 nitrogen and oxygen atoms in total. The number of H-pyrrole nitrogens is 1. The Hall–Kier alpha value is -4.11. The van der Waals surface area contributed by atoms with E-state index in [9.17, 15) is 4.79 Å². The molecule has 0 aliphatic rings. The van der Waals surface area contributed by atoms with Gasteiger partial charge in [0.15, 0.2) is 0 Å². The minimum atomic E-state index is -0.302. The van der Waals surface area contributed by atoms with Crippen LogP contribution in [0.2, 0.25) is 0 Å². The minimum Gasteiger partial charge on any atom is -0.462 e. The monoisotopic (exact) mass is 417 g/mol. The van der Waals surface area contributed by atoms with Crippen LogP contribution in [0.5, 0.6) is 0 Å². The molecule has 0 atom stereocenters. The van der Waals surface area contributed by atoms with Gasteiger partial charge in [-0.1, -0.05) is 84.9 Å². The second kappa shape index (κ2) is 8.56. The van der Waals surface area contributed by atoms with Crippen molar-refractivity contribution in [3.63, 3.8) is 0 Å². The van der Waals surface area contributed by atoms with Crippen molar-refractivity contribution in [3.8, 4) is 33.5 Å².